The number of hydrogen-bond donors (Lipinski definition) is 0. The van der Waals surface area contributed by atoms with Crippen molar-refractivity contribution in [3.05, 3.63) is 81.4 Å². The van der Waals surface area contributed by atoms with Gasteiger partial charge in [0.2, 0.25) is 0 Å². The van der Waals surface area contributed by atoms with Gasteiger partial charge in [0.25, 0.3) is 0 Å². The molecule has 0 fully saturated rings. The van der Waals surface area contributed by atoms with Gasteiger partial charge in [-0.25, -0.2) is 0 Å². The first-order chi connectivity index (χ1) is 17.4. The minimum Gasteiger partial charge on any atom is -0.493 e. The molecule has 0 spiro atoms. The Bertz CT molecular complexity index is 1250. The van der Waals surface area contributed by atoms with Crippen LogP contribution in [0.15, 0.2) is 42.5 Å². The van der Waals surface area contributed by atoms with E-state index in [0.29, 0.717) is 23.0 Å². The number of ether oxygens (including phenoxy) is 4. The fourth-order valence-corrected chi connectivity index (χ4v) is 4.60. The van der Waals surface area contributed by atoms with Crippen molar-refractivity contribution in [1.29, 1.82) is 0 Å². The monoisotopic (exact) mass is 504 g/mol. The van der Waals surface area contributed by atoms with Crippen LogP contribution in [-0.4, -0.2) is 25.0 Å². The van der Waals surface area contributed by atoms with Crippen molar-refractivity contribution in [1.82, 2.24) is 0 Å². The van der Waals surface area contributed by atoms with Crippen molar-refractivity contribution in [3.8, 4) is 23.0 Å². The van der Waals surface area contributed by atoms with E-state index in [1.54, 1.807) is 12.1 Å². The zero-order chi connectivity index (χ0) is 27.4. The molecule has 0 amide bonds. The smallest absolute Gasteiger partial charge is 0.308 e. The van der Waals surface area contributed by atoms with Gasteiger partial charge in [-0.3, -0.25) is 14.4 Å². The molecule has 0 aliphatic rings. The van der Waals surface area contributed by atoms with Crippen molar-refractivity contribution in [2.75, 3.05) is 7.11 Å². The topological polar surface area (TPSA) is 88.1 Å². The predicted octanol–water partition coefficient (Wildman–Crippen LogP) is 5.88. The summed E-state index contributed by atoms with van der Waals surface area (Å²) in [7, 11) is 1.51. The molecule has 0 bridgehead atoms. The molecule has 0 N–H and O–H groups in total. The van der Waals surface area contributed by atoms with Crippen LogP contribution >= 0.6 is 0 Å². The second-order valence-electron chi connectivity index (χ2n) is 9.09. The SMILES string of the molecule is COc1ccc(C(c2cc(C)c(OC(C)=O)c(C)c2)c2cc(C)c(OC(C)=O)c(C)c2)cc1OC(C)=O. The number of carbonyl (C=O) groups is 3. The molecule has 0 saturated carbocycles. The molecule has 7 heteroatoms. The molecule has 7 nitrogen and oxygen atoms in total. The minimum absolute atomic E-state index is 0.284. The Morgan fingerprint density at radius 3 is 1.32 bits per heavy atom. The molecule has 0 aliphatic heterocycles. The molecule has 3 aromatic carbocycles. The number of methoxy groups -OCH3 is 1. The van der Waals surface area contributed by atoms with Crippen LogP contribution < -0.4 is 18.9 Å². The molecule has 0 aromatic heterocycles. The van der Waals surface area contributed by atoms with Gasteiger partial charge in [-0.05, 0) is 78.8 Å². The summed E-state index contributed by atoms with van der Waals surface area (Å²) >= 11 is 0. The lowest BCUT2D eigenvalue weighted by molar-refractivity contribution is -0.132. The first-order valence-corrected chi connectivity index (χ1v) is 11.9. The summed E-state index contributed by atoms with van der Waals surface area (Å²) < 4.78 is 21.7. The van der Waals surface area contributed by atoms with Gasteiger partial charge in [-0.2, -0.15) is 0 Å². The summed E-state index contributed by atoms with van der Waals surface area (Å²) in [5, 5.41) is 0. The van der Waals surface area contributed by atoms with Gasteiger partial charge in [0.05, 0.1) is 7.11 Å². The van der Waals surface area contributed by atoms with Crippen LogP contribution in [0.3, 0.4) is 0 Å². The molecule has 0 radical (unpaired) electrons. The second-order valence-corrected chi connectivity index (χ2v) is 9.09. The van der Waals surface area contributed by atoms with Gasteiger partial charge in [0.1, 0.15) is 11.5 Å². The summed E-state index contributed by atoms with van der Waals surface area (Å²) in [5.41, 5.74) is 6.01. The Kier molecular flexibility index (Phi) is 8.38. The van der Waals surface area contributed by atoms with Crippen LogP contribution in [0.2, 0.25) is 0 Å². The van der Waals surface area contributed by atoms with Gasteiger partial charge in [-0.1, -0.05) is 30.3 Å². The first kappa shape index (κ1) is 27.5. The van der Waals surface area contributed by atoms with E-state index in [4.69, 9.17) is 18.9 Å². The van der Waals surface area contributed by atoms with Crippen molar-refractivity contribution in [2.45, 2.75) is 54.4 Å². The molecule has 0 unspecified atom stereocenters. The van der Waals surface area contributed by atoms with Crippen molar-refractivity contribution < 1.29 is 33.3 Å². The summed E-state index contributed by atoms with van der Waals surface area (Å²) in [6, 6.07) is 13.4. The van der Waals surface area contributed by atoms with Crippen molar-refractivity contribution in [3.63, 3.8) is 0 Å². The van der Waals surface area contributed by atoms with Gasteiger partial charge in [0, 0.05) is 26.7 Å². The van der Waals surface area contributed by atoms with Gasteiger partial charge < -0.3 is 18.9 Å². The van der Waals surface area contributed by atoms with Crippen molar-refractivity contribution in [2.24, 2.45) is 0 Å². The lowest BCUT2D eigenvalue weighted by Gasteiger charge is -2.24. The van der Waals surface area contributed by atoms with E-state index in [9.17, 15) is 14.4 Å². The largest absolute Gasteiger partial charge is 0.493 e. The Morgan fingerprint density at radius 1 is 0.568 bits per heavy atom. The van der Waals surface area contributed by atoms with E-state index in [1.165, 1.54) is 27.9 Å². The summed E-state index contributed by atoms with van der Waals surface area (Å²) in [5.74, 6) is 0.300. The van der Waals surface area contributed by atoms with Gasteiger partial charge in [-0.15, -0.1) is 0 Å². The third kappa shape index (κ3) is 6.36. The number of carbonyl (C=O) groups excluding carboxylic acids is 3. The van der Waals surface area contributed by atoms with Crippen molar-refractivity contribution >= 4 is 17.9 Å². The van der Waals surface area contributed by atoms with E-state index >= 15 is 0 Å². The van der Waals surface area contributed by atoms with E-state index in [0.717, 1.165) is 38.9 Å². The molecule has 0 aliphatic carbocycles. The summed E-state index contributed by atoms with van der Waals surface area (Å²) in [6.45, 7) is 11.7. The number of benzene rings is 3. The van der Waals surface area contributed by atoms with Crippen LogP contribution in [0.1, 0.15) is 65.6 Å². The Morgan fingerprint density at radius 2 is 0.973 bits per heavy atom. The zero-order valence-corrected chi connectivity index (χ0v) is 22.5. The van der Waals surface area contributed by atoms with E-state index < -0.39 is 5.97 Å². The number of hydrogen-bond acceptors (Lipinski definition) is 7. The Hall–Kier alpha value is -4.13. The number of esters is 3. The lowest BCUT2D eigenvalue weighted by atomic mass is 9.82. The fourth-order valence-electron chi connectivity index (χ4n) is 4.60. The standard InChI is InChI=1S/C30H32O7/c1-16-11-24(12-17(2)29(16)36-21(6)32)28(23-9-10-26(34-8)27(15-23)35-20(5)31)25-13-18(3)30(19(4)14-25)37-22(7)33/h9-15,28H,1-8H3. The fraction of sp³-hybridized carbons (Fsp3) is 0.300. The molecule has 0 saturated heterocycles. The van der Waals surface area contributed by atoms with Crippen LogP contribution in [0.25, 0.3) is 0 Å². The van der Waals surface area contributed by atoms with Crippen LogP contribution in [0, 0.1) is 27.7 Å². The Balaban J connectivity index is 2.28. The third-order valence-corrected chi connectivity index (χ3v) is 5.90. The van der Waals surface area contributed by atoms with Crippen LogP contribution in [0.5, 0.6) is 23.0 Å². The second kappa shape index (κ2) is 11.3. The van der Waals surface area contributed by atoms with E-state index in [2.05, 4.69) is 0 Å². The van der Waals surface area contributed by atoms with E-state index in [1.807, 2.05) is 58.0 Å². The highest BCUT2D eigenvalue weighted by molar-refractivity contribution is 5.72. The predicted molar refractivity (Wildman–Crippen MR) is 140 cm³/mol. The molecule has 0 heterocycles. The molecule has 0 atom stereocenters. The van der Waals surface area contributed by atoms with E-state index in [-0.39, 0.29) is 17.9 Å². The molecule has 37 heavy (non-hydrogen) atoms. The summed E-state index contributed by atoms with van der Waals surface area (Å²) in [4.78, 5) is 35.0. The quantitative estimate of drug-likeness (QED) is 0.225. The average molecular weight is 505 g/mol. The molecule has 3 rings (SSSR count). The summed E-state index contributed by atoms with van der Waals surface area (Å²) in [6.07, 6.45) is 0. The minimum atomic E-state index is -0.457. The maximum Gasteiger partial charge on any atom is 0.308 e. The van der Waals surface area contributed by atoms with Gasteiger partial charge in [0.15, 0.2) is 11.5 Å². The maximum absolute atomic E-state index is 11.8. The third-order valence-electron chi connectivity index (χ3n) is 5.90. The number of aryl methyl sites for hydroxylation is 4. The molecule has 3 aromatic rings. The maximum atomic E-state index is 11.8. The average Bonchev–Trinajstić information content (AvgIpc) is 2.78. The molecule has 194 valence electrons. The first-order valence-electron chi connectivity index (χ1n) is 11.9. The van der Waals surface area contributed by atoms with Crippen LogP contribution in [0.4, 0.5) is 0 Å². The zero-order valence-electron chi connectivity index (χ0n) is 22.5. The Labute approximate surface area is 217 Å². The highest BCUT2D eigenvalue weighted by atomic mass is 16.6. The van der Waals surface area contributed by atoms with Gasteiger partial charge >= 0.3 is 17.9 Å². The molecular formula is C30H32O7. The lowest BCUT2D eigenvalue weighted by Crippen LogP contribution is -2.10. The normalized spacial score (nSPS) is 10.7. The highest BCUT2D eigenvalue weighted by Gasteiger charge is 2.23. The molecular weight excluding hydrogens is 472 g/mol. The highest BCUT2D eigenvalue weighted by Crippen LogP contribution is 2.41. The number of rotatable bonds is 7. The van der Waals surface area contributed by atoms with Crippen LogP contribution in [-0.2, 0) is 14.4 Å².